The van der Waals surface area contributed by atoms with Gasteiger partial charge in [0.1, 0.15) is 5.75 Å². The van der Waals surface area contributed by atoms with Crippen LogP contribution in [-0.2, 0) is 6.42 Å². The second kappa shape index (κ2) is 5.01. The Morgan fingerprint density at radius 2 is 2.14 bits per heavy atom. The normalized spacial score (nSPS) is 12.6. The van der Waals surface area contributed by atoms with E-state index >= 15 is 0 Å². The van der Waals surface area contributed by atoms with Gasteiger partial charge in [-0.05, 0) is 37.0 Å². The Kier molecular flexibility index (Phi) is 3.96. The van der Waals surface area contributed by atoms with Gasteiger partial charge >= 0.3 is 0 Å². The second-order valence-corrected chi connectivity index (χ2v) is 3.68. The molecule has 0 saturated heterocycles. The SMILES string of the molecule is CCC(N)Cc1ccc(C)c(OC)c1. The zero-order chi connectivity index (χ0) is 10.6. The summed E-state index contributed by atoms with van der Waals surface area (Å²) in [5.74, 6) is 0.950. The molecule has 0 amide bonds. The van der Waals surface area contributed by atoms with Crippen molar-refractivity contribution in [2.24, 2.45) is 5.73 Å². The van der Waals surface area contributed by atoms with E-state index < -0.39 is 0 Å². The number of methoxy groups -OCH3 is 1. The highest BCUT2D eigenvalue weighted by Crippen LogP contribution is 2.19. The van der Waals surface area contributed by atoms with E-state index in [1.54, 1.807) is 7.11 Å². The lowest BCUT2D eigenvalue weighted by molar-refractivity contribution is 0.411. The van der Waals surface area contributed by atoms with Crippen molar-refractivity contribution in [3.8, 4) is 5.75 Å². The smallest absolute Gasteiger partial charge is 0.122 e. The summed E-state index contributed by atoms with van der Waals surface area (Å²) >= 11 is 0. The molecule has 1 unspecified atom stereocenters. The summed E-state index contributed by atoms with van der Waals surface area (Å²) in [5, 5.41) is 0. The van der Waals surface area contributed by atoms with Crippen molar-refractivity contribution in [1.29, 1.82) is 0 Å². The Labute approximate surface area is 86.1 Å². The van der Waals surface area contributed by atoms with Gasteiger partial charge in [0.15, 0.2) is 0 Å². The molecule has 0 aromatic heterocycles. The fraction of sp³-hybridized carbons (Fsp3) is 0.500. The van der Waals surface area contributed by atoms with Gasteiger partial charge in [-0.25, -0.2) is 0 Å². The van der Waals surface area contributed by atoms with Crippen molar-refractivity contribution >= 4 is 0 Å². The van der Waals surface area contributed by atoms with Crippen LogP contribution in [0.4, 0.5) is 0 Å². The average Bonchev–Trinajstić information content (AvgIpc) is 2.20. The lowest BCUT2D eigenvalue weighted by atomic mass is 10.0. The molecule has 0 fully saturated rings. The van der Waals surface area contributed by atoms with Crippen LogP contribution in [0.25, 0.3) is 0 Å². The molecule has 2 heteroatoms. The predicted octanol–water partition coefficient (Wildman–Crippen LogP) is 2.28. The van der Waals surface area contributed by atoms with Crippen LogP contribution >= 0.6 is 0 Å². The topological polar surface area (TPSA) is 35.2 Å². The van der Waals surface area contributed by atoms with Gasteiger partial charge < -0.3 is 10.5 Å². The molecule has 78 valence electrons. The maximum atomic E-state index is 5.89. The van der Waals surface area contributed by atoms with Gasteiger partial charge in [0.2, 0.25) is 0 Å². The van der Waals surface area contributed by atoms with E-state index in [0.29, 0.717) is 0 Å². The van der Waals surface area contributed by atoms with Crippen molar-refractivity contribution in [3.63, 3.8) is 0 Å². The van der Waals surface area contributed by atoms with Gasteiger partial charge in [-0.3, -0.25) is 0 Å². The molecule has 2 N–H and O–H groups in total. The van der Waals surface area contributed by atoms with Crippen LogP contribution in [0, 0.1) is 6.92 Å². The molecule has 1 rings (SSSR count). The second-order valence-electron chi connectivity index (χ2n) is 3.68. The number of aryl methyl sites for hydroxylation is 1. The highest BCUT2D eigenvalue weighted by molar-refractivity contribution is 5.36. The minimum Gasteiger partial charge on any atom is -0.496 e. The zero-order valence-corrected chi connectivity index (χ0v) is 9.21. The van der Waals surface area contributed by atoms with Gasteiger partial charge in [-0.2, -0.15) is 0 Å². The van der Waals surface area contributed by atoms with E-state index in [0.717, 1.165) is 18.6 Å². The third-order valence-corrected chi connectivity index (χ3v) is 2.49. The molecule has 1 aromatic rings. The standard InChI is InChI=1S/C12H19NO/c1-4-11(13)7-10-6-5-9(2)12(8-10)14-3/h5-6,8,11H,4,7,13H2,1-3H3. The summed E-state index contributed by atoms with van der Waals surface area (Å²) in [6, 6.07) is 6.52. The summed E-state index contributed by atoms with van der Waals surface area (Å²) in [6.07, 6.45) is 1.93. The van der Waals surface area contributed by atoms with Crippen molar-refractivity contribution in [1.82, 2.24) is 0 Å². The Morgan fingerprint density at radius 1 is 1.43 bits per heavy atom. The number of benzene rings is 1. The molecule has 0 spiro atoms. The highest BCUT2D eigenvalue weighted by atomic mass is 16.5. The van der Waals surface area contributed by atoms with E-state index in [1.807, 2.05) is 6.92 Å². The Morgan fingerprint density at radius 3 is 2.71 bits per heavy atom. The summed E-state index contributed by atoms with van der Waals surface area (Å²) in [7, 11) is 1.70. The van der Waals surface area contributed by atoms with E-state index in [4.69, 9.17) is 10.5 Å². The number of rotatable bonds is 4. The molecule has 0 heterocycles. The van der Waals surface area contributed by atoms with Gasteiger partial charge in [-0.15, -0.1) is 0 Å². The fourth-order valence-electron chi connectivity index (χ4n) is 1.44. The Hall–Kier alpha value is -1.02. The molecule has 14 heavy (non-hydrogen) atoms. The van der Waals surface area contributed by atoms with Crippen LogP contribution in [-0.4, -0.2) is 13.2 Å². The number of hydrogen-bond acceptors (Lipinski definition) is 2. The van der Waals surface area contributed by atoms with Crippen molar-refractivity contribution in [2.75, 3.05) is 7.11 Å². The molecule has 0 aliphatic rings. The first-order valence-electron chi connectivity index (χ1n) is 5.06. The quantitative estimate of drug-likeness (QED) is 0.796. The molecule has 2 nitrogen and oxygen atoms in total. The van der Waals surface area contributed by atoms with Crippen molar-refractivity contribution in [3.05, 3.63) is 29.3 Å². The fourth-order valence-corrected chi connectivity index (χ4v) is 1.44. The molecular formula is C12H19NO. The van der Waals surface area contributed by atoms with Gasteiger partial charge in [-0.1, -0.05) is 19.1 Å². The average molecular weight is 193 g/mol. The third kappa shape index (κ3) is 2.74. The summed E-state index contributed by atoms with van der Waals surface area (Å²) < 4.78 is 5.26. The van der Waals surface area contributed by atoms with Crippen LogP contribution in [0.2, 0.25) is 0 Å². The first-order chi connectivity index (χ1) is 6.67. The monoisotopic (exact) mass is 193 g/mol. The lowest BCUT2D eigenvalue weighted by Crippen LogP contribution is -2.21. The molecule has 1 aromatic carbocycles. The molecule has 0 aliphatic carbocycles. The zero-order valence-electron chi connectivity index (χ0n) is 9.21. The summed E-state index contributed by atoms with van der Waals surface area (Å²) in [6.45, 7) is 4.15. The van der Waals surface area contributed by atoms with Crippen LogP contribution in [0.5, 0.6) is 5.75 Å². The number of ether oxygens (including phenoxy) is 1. The molecule has 0 aliphatic heterocycles. The molecule has 1 atom stereocenters. The third-order valence-electron chi connectivity index (χ3n) is 2.49. The van der Waals surface area contributed by atoms with Gasteiger partial charge in [0.05, 0.1) is 7.11 Å². The molecular weight excluding hydrogens is 174 g/mol. The number of nitrogens with two attached hydrogens (primary N) is 1. The Bertz CT molecular complexity index is 296. The lowest BCUT2D eigenvalue weighted by Gasteiger charge is -2.11. The summed E-state index contributed by atoms with van der Waals surface area (Å²) in [5.41, 5.74) is 8.31. The molecule has 0 saturated carbocycles. The van der Waals surface area contributed by atoms with E-state index in [1.165, 1.54) is 11.1 Å². The van der Waals surface area contributed by atoms with Gasteiger partial charge in [0.25, 0.3) is 0 Å². The van der Waals surface area contributed by atoms with Crippen LogP contribution < -0.4 is 10.5 Å². The predicted molar refractivity (Wildman–Crippen MR) is 59.7 cm³/mol. The van der Waals surface area contributed by atoms with Crippen molar-refractivity contribution in [2.45, 2.75) is 32.7 Å². The van der Waals surface area contributed by atoms with E-state index in [2.05, 4.69) is 25.1 Å². The molecule has 0 radical (unpaired) electrons. The van der Waals surface area contributed by atoms with Crippen LogP contribution in [0.1, 0.15) is 24.5 Å². The minimum absolute atomic E-state index is 0.252. The summed E-state index contributed by atoms with van der Waals surface area (Å²) in [4.78, 5) is 0. The first-order valence-corrected chi connectivity index (χ1v) is 5.06. The van der Waals surface area contributed by atoms with E-state index in [9.17, 15) is 0 Å². The highest BCUT2D eigenvalue weighted by Gasteiger charge is 2.04. The molecule has 0 bridgehead atoms. The van der Waals surface area contributed by atoms with E-state index in [-0.39, 0.29) is 6.04 Å². The van der Waals surface area contributed by atoms with Crippen molar-refractivity contribution < 1.29 is 4.74 Å². The van der Waals surface area contributed by atoms with Crippen LogP contribution in [0.15, 0.2) is 18.2 Å². The largest absolute Gasteiger partial charge is 0.496 e. The maximum absolute atomic E-state index is 5.89. The van der Waals surface area contributed by atoms with Gasteiger partial charge in [0, 0.05) is 6.04 Å². The maximum Gasteiger partial charge on any atom is 0.122 e. The first kappa shape index (κ1) is 11.1. The van der Waals surface area contributed by atoms with Crippen LogP contribution in [0.3, 0.4) is 0 Å². The minimum atomic E-state index is 0.252. The Balaban J connectivity index is 2.79. The number of hydrogen-bond donors (Lipinski definition) is 1.